The lowest BCUT2D eigenvalue weighted by molar-refractivity contribution is 0.806. The number of rotatable bonds is 5. The van der Waals surface area contributed by atoms with Gasteiger partial charge in [-0.25, -0.2) is 4.98 Å². The third-order valence-electron chi connectivity index (χ3n) is 4.54. The molecule has 0 aliphatic rings. The highest BCUT2D eigenvalue weighted by molar-refractivity contribution is 7.99. The minimum atomic E-state index is -0.259. The fraction of sp³-hybridized carbons (Fsp3) is 0.190. The Hall–Kier alpha value is -3.17. The summed E-state index contributed by atoms with van der Waals surface area (Å²) >= 11 is 7.78. The van der Waals surface area contributed by atoms with Crippen LogP contribution in [0.15, 0.2) is 58.5 Å². The Labute approximate surface area is 188 Å². The molecular formula is C21H20ClN7OS. The van der Waals surface area contributed by atoms with Crippen LogP contribution < -0.4 is 16.2 Å². The smallest absolute Gasteiger partial charge is 0.266 e. The molecule has 0 amide bonds. The van der Waals surface area contributed by atoms with Gasteiger partial charge in [-0.2, -0.15) is 15.0 Å². The predicted molar refractivity (Wildman–Crippen MR) is 125 cm³/mol. The van der Waals surface area contributed by atoms with E-state index in [1.807, 2.05) is 51.4 Å². The number of hydrogen-bond acceptors (Lipinski definition) is 8. The molecule has 2 heterocycles. The summed E-state index contributed by atoms with van der Waals surface area (Å²) in [5, 5.41) is 1.19. The molecule has 31 heavy (non-hydrogen) atoms. The quantitative estimate of drug-likeness (QED) is 0.360. The number of thioether (sulfide) groups is 1. The van der Waals surface area contributed by atoms with Gasteiger partial charge in [0, 0.05) is 14.1 Å². The Bertz CT molecular complexity index is 1320. The number of para-hydroxylation sites is 2. The van der Waals surface area contributed by atoms with Crippen molar-refractivity contribution >= 4 is 46.2 Å². The average molecular weight is 454 g/mol. The van der Waals surface area contributed by atoms with Crippen molar-refractivity contribution in [3.8, 4) is 5.69 Å². The monoisotopic (exact) mass is 453 g/mol. The number of nitrogen functional groups attached to an aromatic ring is 1. The van der Waals surface area contributed by atoms with Crippen molar-refractivity contribution in [1.82, 2.24) is 24.5 Å². The van der Waals surface area contributed by atoms with E-state index in [1.54, 1.807) is 23.1 Å². The van der Waals surface area contributed by atoms with Gasteiger partial charge in [0.25, 0.3) is 5.56 Å². The summed E-state index contributed by atoms with van der Waals surface area (Å²) in [6.07, 6.45) is 0. The van der Waals surface area contributed by atoms with E-state index in [4.69, 9.17) is 22.3 Å². The van der Waals surface area contributed by atoms with Crippen molar-refractivity contribution < 1.29 is 0 Å². The third kappa shape index (κ3) is 4.19. The normalized spacial score (nSPS) is 12.1. The molecule has 8 nitrogen and oxygen atoms in total. The summed E-state index contributed by atoms with van der Waals surface area (Å²) in [6.45, 7) is 1.93. The van der Waals surface area contributed by atoms with Crippen LogP contribution in [-0.2, 0) is 0 Å². The molecule has 2 N–H and O–H groups in total. The van der Waals surface area contributed by atoms with Gasteiger partial charge in [0.15, 0.2) is 5.16 Å². The van der Waals surface area contributed by atoms with Crippen molar-refractivity contribution in [1.29, 1.82) is 0 Å². The van der Waals surface area contributed by atoms with Gasteiger partial charge >= 0.3 is 0 Å². The van der Waals surface area contributed by atoms with E-state index in [9.17, 15) is 4.79 Å². The zero-order valence-electron chi connectivity index (χ0n) is 17.2. The first-order valence-electron chi connectivity index (χ1n) is 9.47. The maximum atomic E-state index is 13.4. The zero-order chi connectivity index (χ0) is 22.1. The van der Waals surface area contributed by atoms with E-state index in [0.29, 0.717) is 38.5 Å². The molecule has 0 bridgehead atoms. The Morgan fingerprint density at radius 3 is 2.48 bits per heavy atom. The van der Waals surface area contributed by atoms with Crippen LogP contribution in [0.1, 0.15) is 18.0 Å². The van der Waals surface area contributed by atoms with Gasteiger partial charge in [0.1, 0.15) is 5.82 Å². The van der Waals surface area contributed by atoms with E-state index >= 15 is 0 Å². The molecule has 2 aromatic carbocycles. The highest BCUT2D eigenvalue weighted by Gasteiger charge is 2.21. The molecular weight excluding hydrogens is 434 g/mol. The minimum Gasteiger partial charge on any atom is -0.368 e. The predicted octanol–water partition coefficient (Wildman–Crippen LogP) is 3.73. The Kier molecular flexibility index (Phi) is 5.79. The number of fused-ring (bicyclic) bond motifs is 1. The second-order valence-corrected chi connectivity index (χ2v) is 8.72. The number of aromatic nitrogens is 5. The topological polar surface area (TPSA) is 103 Å². The van der Waals surface area contributed by atoms with Gasteiger partial charge in [0.2, 0.25) is 11.9 Å². The second-order valence-electron chi connectivity index (χ2n) is 7.01. The van der Waals surface area contributed by atoms with Gasteiger partial charge in [-0.05, 0) is 31.2 Å². The van der Waals surface area contributed by atoms with Gasteiger partial charge in [-0.3, -0.25) is 9.36 Å². The highest BCUT2D eigenvalue weighted by Crippen LogP contribution is 2.34. The van der Waals surface area contributed by atoms with E-state index in [0.717, 1.165) is 0 Å². The molecule has 0 radical (unpaired) electrons. The van der Waals surface area contributed by atoms with Crippen molar-refractivity contribution in [2.75, 3.05) is 24.7 Å². The molecule has 10 heteroatoms. The first-order chi connectivity index (χ1) is 14.8. The number of halogens is 1. The fourth-order valence-corrected chi connectivity index (χ4v) is 4.21. The molecule has 2 aromatic heterocycles. The summed E-state index contributed by atoms with van der Waals surface area (Å²) in [7, 11) is 3.66. The summed E-state index contributed by atoms with van der Waals surface area (Å²) in [6, 6.07) is 14.4. The number of nitrogens with two attached hydrogens (primary N) is 1. The van der Waals surface area contributed by atoms with Gasteiger partial charge in [-0.1, -0.05) is 47.6 Å². The number of nitrogens with zero attached hydrogens (tertiary/aromatic N) is 6. The van der Waals surface area contributed by atoms with E-state index < -0.39 is 0 Å². The summed E-state index contributed by atoms with van der Waals surface area (Å²) < 4.78 is 1.53. The zero-order valence-corrected chi connectivity index (χ0v) is 18.7. The molecule has 0 aliphatic carbocycles. The maximum absolute atomic E-state index is 13.4. The van der Waals surface area contributed by atoms with Crippen LogP contribution >= 0.6 is 23.4 Å². The van der Waals surface area contributed by atoms with Crippen molar-refractivity contribution in [3.63, 3.8) is 0 Å². The first-order valence-corrected chi connectivity index (χ1v) is 10.7. The lowest BCUT2D eigenvalue weighted by atomic mass is 10.2. The van der Waals surface area contributed by atoms with Crippen LogP contribution in [0.25, 0.3) is 16.6 Å². The van der Waals surface area contributed by atoms with Crippen LogP contribution in [-0.4, -0.2) is 38.6 Å². The van der Waals surface area contributed by atoms with Crippen LogP contribution in [0.3, 0.4) is 0 Å². The standard InChI is InChI=1S/C21H20ClN7OS/c1-12(17-25-19(23)27-20(26-17)28(2)3)31-21-24-15-10-6-4-8-13(15)18(30)29(21)16-11-7-5-9-14(16)22/h4-12H,1-3H3,(H2,23,25,26,27). The average Bonchev–Trinajstić information content (AvgIpc) is 2.74. The SMILES string of the molecule is CC(Sc1nc2ccccc2c(=O)n1-c1ccccc1Cl)c1nc(N)nc(N(C)C)n1. The highest BCUT2D eigenvalue weighted by atomic mass is 35.5. The third-order valence-corrected chi connectivity index (χ3v) is 5.91. The molecule has 4 aromatic rings. The second kappa shape index (κ2) is 8.52. The molecule has 158 valence electrons. The van der Waals surface area contributed by atoms with Crippen molar-refractivity contribution in [2.45, 2.75) is 17.3 Å². The van der Waals surface area contributed by atoms with Crippen LogP contribution in [0.2, 0.25) is 5.02 Å². The van der Waals surface area contributed by atoms with E-state index in [-0.39, 0.29) is 16.8 Å². The molecule has 0 spiro atoms. The van der Waals surface area contributed by atoms with Crippen LogP contribution in [0.5, 0.6) is 0 Å². The molecule has 0 saturated carbocycles. The summed E-state index contributed by atoms with van der Waals surface area (Å²) in [5.74, 6) is 1.09. The summed E-state index contributed by atoms with van der Waals surface area (Å²) in [5.41, 5.74) is 6.85. The van der Waals surface area contributed by atoms with Crippen LogP contribution in [0.4, 0.5) is 11.9 Å². The van der Waals surface area contributed by atoms with Gasteiger partial charge < -0.3 is 10.6 Å². The molecule has 4 rings (SSSR count). The Balaban J connectivity index is 1.87. The lowest BCUT2D eigenvalue weighted by Crippen LogP contribution is -2.22. The molecule has 0 saturated heterocycles. The minimum absolute atomic E-state index is 0.135. The molecule has 0 aliphatic heterocycles. The van der Waals surface area contributed by atoms with E-state index in [1.165, 1.54) is 16.3 Å². The Morgan fingerprint density at radius 2 is 1.74 bits per heavy atom. The Morgan fingerprint density at radius 1 is 1.03 bits per heavy atom. The van der Waals surface area contributed by atoms with Crippen molar-refractivity contribution in [2.24, 2.45) is 0 Å². The van der Waals surface area contributed by atoms with E-state index in [2.05, 4.69) is 15.0 Å². The summed E-state index contributed by atoms with van der Waals surface area (Å²) in [4.78, 5) is 32.8. The maximum Gasteiger partial charge on any atom is 0.266 e. The van der Waals surface area contributed by atoms with Gasteiger partial charge in [0.05, 0.1) is 26.9 Å². The number of hydrogen-bond donors (Lipinski definition) is 1. The first kappa shape index (κ1) is 21.1. The molecule has 1 atom stereocenters. The van der Waals surface area contributed by atoms with Crippen LogP contribution in [0, 0.1) is 0 Å². The number of anilines is 2. The molecule has 1 unspecified atom stereocenters. The van der Waals surface area contributed by atoms with Crippen molar-refractivity contribution in [3.05, 3.63) is 69.7 Å². The molecule has 0 fully saturated rings. The number of benzene rings is 2. The van der Waals surface area contributed by atoms with Gasteiger partial charge in [-0.15, -0.1) is 0 Å². The largest absolute Gasteiger partial charge is 0.368 e. The fourth-order valence-electron chi connectivity index (χ4n) is 3.03. The lowest BCUT2D eigenvalue weighted by Gasteiger charge is -2.18.